The van der Waals surface area contributed by atoms with E-state index < -0.39 is 95.7 Å². The highest BCUT2D eigenvalue weighted by atomic mass is 16.6. The third kappa shape index (κ3) is 13.4. The van der Waals surface area contributed by atoms with E-state index in [2.05, 4.69) is 0 Å². The molecule has 330 valence electrons. The van der Waals surface area contributed by atoms with Crippen LogP contribution in [-0.4, -0.2) is 147 Å². The van der Waals surface area contributed by atoms with Gasteiger partial charge in [0.1, 0.15) is 61.5 Å². The molecule has 1 aromatic heterocycles. The highest BCUT2D eigenvalue weighted by Gasteiger charge is 2.56. The van der Waals surface area contributed by atoms with Crippen molar-refractivity contribution in [1.82, 2.24) is 0 Å². The summed E-state index contributed by atoms with van der Waals surface area (Å²) in [6.45, 7) is 19.9. The van der Waals surface area contributed by atoms with Crippen molar-refractivity contribution < 1.29 is 77.4 Å². The van der Waals surface area contributed by atoms with E-state index in [1.54, 1.807) is 53.7 Å². The first kappa shape index (κ1) is 49.1. The molecular formula is C41H70O16. The van der Waals surface area contributed by atoms with Crippen LogP contribution in [0.5, 0.6) is 0 Å². The zero-order valence-electron chi connectivity index (χ0n) is 35.8. The smallest absolute Gasteiger partial charge is 0.338 e. The Balaban J connectivity index is 1.88. The summed E-state index contributed by atoms with van der Waals surface area (Å²) in [7, 11) is 0. The normalized spacial score (nSPS) is 26.0. The molecule has 3 rings (SSSR count). The molecule has 1 aromatic rings. The molecule has 0 aromatic carbocycles. The maximum Gasteiger partial charge on any atom is 0.338 e. The predicted octanol–water partition coefficient (Wildman–Crippen LogP) is 2.85. The van der Waals surface area contributed by atoms with Crippen LogP contribution in [0.15, 0.2) is 22.8 Å². The molecule has 10 atom stereocenters. The Labute approximate surface area is 337 Å². The van der Waals surface area contributed by atoms with Crippen LogP contribution in [0, 0.1) is 11.8 Å². The summed E-state index contributed by atoms with van der Waals surface area (Å²) in [6.07, 6.45) is -9.86. The van der Waals surface area contributed by atoms with Crippen molar-refractivity contribution in [3.8, 4) is 0 Å². The number of hydrogen-bond donors (Lipinski definition) is 5. The first-order chi connectivity index (χ1) is 26.3. The van der Waals surface area contributed by atoms with Crippen molar-refractivity contribution >= 4 is 11.9 Å². The summed E-state index contributed by atoms with van der Waals surface area (Å²) in [5.74, 6) is -3.03. The second kappa shape index (κ2) is 20.4. The van der Waals surface area contributed by atoms with Gasteiger partial charge in [0.05, 0.1) is 60.2 Å². The van der Waals surface area contributed by atoms with E-state index in [4.69, 9.17) is 42.3 Å². The number of esters is 2. The summed E-state index contributed by atoms with van der Waals surface area (Å²) < 4.78 is 53.0. The molecule has 57 heavy (non-hydrogen) atoms. The number of carbonyl (C=O) groups is 2. The summed E-state index contributed by atoms with van der Waals surface area (Å²) in [6, 6.07) is 3.22. The third-order valence-electron chi connectivity index (χ3n) is 10.8. The van der Waals surface area contributed by atoms with Gasteiger partial charge in [-0.1, -0.05) is 13.8 Å². The number of hydrogen-bond acceptors (Lipinski definition) is 16. The fraction of sp³-hybridized carbons (Fsp3) is 0.854. The molecule has 0 radical (unpaired) electrons. The monoisotopic (exact) mass is 818 g/mol. The van der Waals surface area contributed by atoms with Gasteiger partial charge in [-0.3, -0.25) is 4.79 Å². The fourth-order valence-electron chi connectivity index (χ4n) is 6.94. The van der Waals surface area contributed by atoms with E-state index in [0.29, 0.717) is 18.8 Å². The maximum absolute atomic E-state index is 13.8. The van der Waals surface area contributed by atoms with Gasteiger partial charge in [0.25, 0.3) is 0 Å². The minimum atomic E-state index is -1.87. The molecule has 0 saturated carbocycles. The number of aliphatic hydroxyl groups excluding tert-OH is 5. The van der Waals surface area contributed by atoms with Crippen molar-refractivity contribution in [3.63, 3.8) is 0 Å². The van der Waals surface area contributed by atoms with Crippen LogP contribution >= 0.6 is 0 Å². The van der Waals surface area contributed by atoms with Gasteiger partial charge in [-0.05, 0) is 100 Å². The van der Waals surface area contributed by atoms with Crippen LogP contribution in [0.4, 0.5) is 0 Å². The predicted molar refractivity (Wildman–Crippen MR) is 205 cm³/mol. The van der Waals surface area contributed by atoms with E-state index in [0.717, 1.165) is 6.42 Å². The number of furan rings is 1. The average Bonchev–Trinajstić information content (AvgIpc) is 3.84. The van der Waals surface area contributed by atoms with Crippen LogP contribution in [0.25, 0.3) is 0 Å². The van der Waals surface area contributed by atoms with Crippen LogP contribution in [0.1, 0.15) is 102 Å². The first-order valence-electron chi connectivity index (χ1n) is 20.0. The molecule has 16 heteroatoms. The lowest BCUT2D eigenvalue weighted by Crippen LogP contribution is -2.67. The average molecular weight is 819 g/mol. The largest absolute Gasteiger partial charge is 0.466 e. The van der Waals surface area contributed by atoms with Crippen LogP contribution in [-0.2, 0) is 54.1 Å². The lowest BCUT2D eigenvalue weighted by atomic mass is 9.82. The van der Waals surface area contributed by atoms with Gasteiger partial charge in [-0.2, -0.15) is 0 Å². The van der Waals surface area contributed by atoms with Gasteiger partial charge >= 0.3 is 11.9 Å². The Kier molecular flexibility index (Phi) is 17.6. The zero-order valence-corrected chi connectivity index (χ0v) is 35.8. The standard InChI is InChI=1S/C41H70O16/c1-23(2)39(7,8)56-27(19-42)29(43)30(44)28(36(47)51-20-25-15-13-17-49-25)40(9,10)53-22-38(5,6)57-33-31(45)32(46)35(41(11,12)55-24(3)4)54-34(33)37(48)52-21-26-16-14-18-50-26/h13,15,17,23-24,26-35,42-46H,14,16,18-22H2,1-12H3/t26?,27-,28?,29?,30?,31?,32?,33+,34?,35?/m1/s1. The number of carbonyl (C=O) groups excluding carboxylic acids is 2. The van der Waals surface area contributed by atoms with Crippen molar-refractivity contribution in [3.05, 3.63) is 24.2 Å². The SMILES string of the molecule is CC(C)OC(C)(C)C1OC(C(=O)OCC2CCCO2)[C@@H](OC(C)(C)COC(C)(C)C(C(=O)OCc2ccco2)C(O)C(O)[C@@H](CO)OC(C)(C)C(C)C)C(O)C1O. The topological polar surface area (TPSA) is 222 Å². The Morgan fingerprint density at radius 2 is 1.58 bits per heavy atom. The van der Waals surface area contributed by atoms with Gasteiger partial charge in [-0.25, -0.2) is 4.79 Å². The maximum atomic E-state index is 13.8. The number of aliphatic hydroxyl groups is 5. The molecule has 2 aliphatic heterocycles. The molecule has 2 fully saturated rings. The van der Waals surface area contributed by atoms with Gasteiger partial charge in [0, 0.05) is 6.61 Å². The molecule has 16 nitrogen and oxygen atoms in total. The molecule has 0 bridgehead atoms. The molecule has 3 heterocycles. The Bertz CT molecular complexity index is 1370. The van der Waals surface area contributed by atoms with E-state index in [9.17, 15) is 35.1 Å². The minimum absolute atomic E-state index is 0.0327. The van der Waals surface area contributed by atoms with Gasteiger partial charge in [0.2, 0.25) is 0 Å². The Morgan fingerprint density at radius 1 is 0.912 bits per heavy atom. The molecule has 5 N–H and O–H groups in total. The lowest BCUT2D eigenvalue weighted by Gasteiger charge is -2.49. The summed E-state index contributed by atoms with van der Waals surface area (Å²) in [4.78, 5) is 27.5. The molecule has 8 unspecified atom stereocenters. The van der Waals surface area contributed by atoms with Crippen molar-refractivity contribution in [2.75, 3.05) is 26.4 Å². The van der Waals surface area contributed by atoms with E-state index in [1.807, 2.05) is 27.7 Å². The van der Waals surface area contributed by atoms with Crippen LogP contribution in [0.3, 0.4) is 0 Å². The fourth-order valence-corrected chi connectivity index (χ4v) is 6.94. The van der Waals surface area contributed by atoms with Crippen LogP contribution < -0.4 is 0 Å². The highest BCUT2D eigenvalue weighted by molar-refractivity contribution is 5.76. The molecule has 2 aliphatic rings. The molecule has 2 saturated heterocycles. The number of ether oxygens (including phenoxy) is 8. The second-order valence-corrected chi connectivity index (χ2v) is 18.0. The van der Waals surface area contributed by atoms with Gasteiger partial charge in [-0.15, -0.1) is 0 Å². The summed E-state index contributed by atoms with van der Waals surface area (Å²) in [5, 5.41) is 56.3. The van der Waals surface area contributed by atoms with E-state index >= 15 is 0 Å². The van der Waals surface area contributed by atoms with Gasteiger partial charge in [0.15, 0.2) is 6.10 Å². The zero-order chi connectivity index (χ0) is 43.1. The third-order valence-corrected chi connectivity index (χ3v) is 10.8. The summed E-state index contributed by atoms with van der Waals surface area (Å²) in [5.41, 5.74) is -4.92. The van der Waals surface area contributed by atoms with Crippen LogP contribution in [0.2, 0.25) is 0 Å². The molecule has 0 spiro atoms. The number of rotatable bonds is 22. The van der Waals surface area contributed by atoms with Crippen molar-refractivity contribution in [2.45, 2.75) is 186 Å². The van der Waals surface area contributed by atoms with Crippen molar-refractivity contribution in [2.24, 2.45) is 11.8 Å². The van der Waals surface area contributed by atoms with Crippen molar-refractivity contribution in [1.29, 1.82) is 0 Å². The van der Waals surface area contributed by atoms with E-state index in [-0.39, 0.29) is 37.9 Å². The lowest BCUT2D eigenvalue weighted by molar-refractivity contribution is -0.296. The first-order valence-corrected chi connectivity index (χ1v) is 20.0. The quantitative estimate of drug-likeness (QED) is 0.106. The Morgan fingerprint density at radius 3 is 2.12 bits per heavy atom. The molecule has 0 aliphatic carbocycles. The second-order valence-electron chi connectivity index (χ2n) is 18.0. The molecular weight excluding hydrogens is 748 g/mol. The Hall–Kier alpha value is -2.22. The van der Waals surface area contributed by atoms with E-state index in [1.165, 1.54) is 20.1 Å². The molecule has 0 amide bonds. The summed E-state index contributed by atoms with van der Waals surface area (Å²) >= 11 is 0. The van der Waals surface area contributed by atoms with Gasteiger partial charge < -0.3 is 67.8 Å². The highest BCUT2D eigenvalue weighted by Crippen LogP contribution is 2.37. The minimum Gasteiger partial charge on any atom is -0.466 e.